The van der Waals surface area contributed by atoms with Crippen LogP contribution in [0.3, 0.4) is 0 Å². The summed E-state index contributed by atoms with van der Waals surface area (Å²) in [6.07, 6.45) is -4.96. The van der Waals surface area contributed by atoms with E-state index >= 15 is 0 Å². The maximum atomic E-state index is 9.56. The highest BCUT2D eigenvalue weighted by atomic mass is 32.1. The van der Waals surface area contributed by atoms with Gasteiger partial charge >= 0.3 is 0 Å². The Morgan fingerprint density at radius 3 is 2.20 bits per heavy atom. The van der Waals surface area contributed by atoms with E-state index in [1.807, 2.05) is 0 Å². The van der Waals surface area contributed by atoms with E-state index in [2.05, 4.69) is 21.7 Å². The van der Waals surface area contributed by atoms with Crippen LogP contribution in [0.5, 0.6) is 0 Å². The molecule has 8 nitrogen and oxygen atoms in total. The van der Waals surface area contributed by atoms with Gasteiger partial charge in [-0.05, 0) is 12.2 Å². The van der Waals surface area contributed by atoms with Gasteiger partial charge in [0.2, 0.25) is 0 Å². The highest BCUT2D eigenvalue weighted by molar-refractivity contribution is 7.80. The van der Waals surface area contributed by atoms with Crippen molar-refractivity contribution in [3.63, 3.8) is 0 Å². The normalized spacial score (nSPS) is 23.9. The first-order chi connectivity index (χ1) is 7.06. The predicted octanol–water partition coefficient (Wildman–Crippen LogP) is -4.13. The van der Waals surface area contributed by atoms with Crippen molar-refractivity contribution in [1.29, 1.82) is 0 Å². The molecule has 1 aliphatic rings. The highest BCUT2D eigenvalue weighted by Crippen LogP contribution is 2.03. The van der Waals surface area contributed by atoms with Crippen molar-refractivity contribution in [3.8, 4) is 0 Å². The van der Waals surface area contributed by atoms with Crippen molar-refractivity contribution >= 4 is 17.3 Å². The number of hydrogen-bond acceptors (Lipinski definition) is 7. The number of hydrazine groups is 2. The SMILES string of the molecule is OC[C@H](O)[C@H](O)[C@@H](O)C1NNC(=S)NN1. The van der Waals surface area contributed by atoms with Crippen LogP contribution in [0.15, 0.2) is 0 Å². The zero-order chi connectivity index (χ0) is 11.4. The topological polar surface area (TPSA) is 129 Å². The number of aliphatic hydroxyl groups excluding tert-OH is 4. The number of rotatable bonds is 4. The number of aliphatic hydroxyl groups is 4. The van der Waals surface area contributed by atoms with Crippen LogP contribution in [0.25, 0.3) is 0 Å². The van der Waals surface area contributed by atoms with Gasteiger partial charge < -0.3 is 20.4 Å². The molecule has 0 amide bonds. The molecule has 0 aromatic heterocycles. The van der Waals surface area contributed by atoms with E-state index < -0.39 is 31.1 Å². The predicted molar refractivity (Wildman–Crippen MR) is 54.0 cm³/mol. The monoisotopic (exact) mass is 238 g/mol. The van der Waals surface area contributed by atoms with Crippen LogP contribution in [-0.4, -0.2) is 56.6 Å². The van der Waals surface area contributed by atoms with Gasteiger partial charge in [-0.25, -0.2) is 10.9 Å². The van der Waals surface area contributed by atoms with Crippen LogP contribution in [0.4, 0.5) is 0 Å². The molecule has 1 aliphatic heterocycles. The van der Waals surface area contributed by atoms with Crippen LogP contribution < -0.4 is 21.7 Å². The minimum atomic E-state index is -1.48. The second kappa shape index (κ2) is 5.51. The summed E-state index contributed by atoms with van der Waals surface area (Å²) < 4.78 is 0. The van der Waals surface area contributed by atoms with Crippen molar-refractivity contribution in [2.45, 2.75) is 24.5 Å². The van der Waals surface area contributed by atoms with Gasteiger partial charge in [-0.3, -0.25) is 10.9 Å². The molecule has 1 heterocycles. The molecule has 1 rings (SSSR count). The van der Waals surface area contributed by atoms with Gasteiger partial charge in [-0.15, -0.1) is 0 Å². The summed E-state index contributed by atoms with van der Waals surface area (Å²) >= 11 is 4.70. The average molecular weight is 238 g/mol. The van der Waals surface area contributed by atoms with Crippen LogP contribution in [-0.2, 0) is 0 Å². The summed E-state index contributed by atoms with van der Waals surface area (Å²) in [5, 5.41) is 36.9. The molecule has 0 radical (unpaired) electrons. The smallest absolute Gasteiger partial charge is 0.195 e. The van der Waals surface area contributed by atoms with Gasteiger partial charge in [-0.1, -0.05) is 0 Å². The Morgan fingerprint density at radius 1 is 1.20 bits per heavy atom. The first kappa shape index (κ1) is 12.5. The fraction of sp³-hybridized carbons (Fsp3) is 0.833. The lowest BCUT2D eigenvalue weighted by atomic mass is 10.1. The van der Waals surface area contributed by atoms with Crippen LogP contribution in [0.2, 0.25) is 0 Å². The quantitative estimate of drug-likeness (QED) is 0.230. The van der Waals surface area contributed by atoms with Gasteiger partial charge in [0.25, 0.3) is 0 Å². The minimum Gasteiger partial charge on any atom is -0.394 e. The van der Waals surface area contributed by atoms with Gasteiger partial charge in [0.15, 0.2) is 5.11 Å². The molecule has 0 aromatic carbocycles. The Morgan fingerprint density at radius 2 is 1.73 bits per heavy atom. The Balaban J connectivity index is 2.45. The lowest BCUT2D eigenvalue weighted by molar-refractivity contribution is -0.0934. The van der Waals surface area contributed by atoms with E-state index in [4.69, 9.17) is 22.4 Å². The van der Waals surface area contributed by atoms with Crippen molar-refractivity contribution in [2.75, 3.05) is 6.61 Å². The Labute approximate surface area is 91.2 Å². The molecule has 15 heavy (non-hydrogen) atoms. The first-order valence-electron chi connectivity index (χ1n) is 4.28. The Bertz CT molecular complexity index is 221. The van der Waals surface area contributed by atoms with E-state index in [1.165, 1.54) is 0 Å². The van der Waals surface area contributed by atoms with Gasteiger partial charge in [0.1, 0.15) is 24.5 Å². The largest absolute Gasteiger partial charge is 0.394 e. The third-order valence-corrected chi connectivity index (χ3v) is 2.16. The number of hydrogen-bond donors (Lipinski definition) is 8. The molecule has 0 bridgehead atoms. The highest BCUT2D eigenvalue weighted by Gasteiger charge is 2.32. The second-order valence-electron chi connectivity index (χ2n) is 3.08. The minimum absolute atomic E-state index is 0.288. The average Bonchev–Trinajstić information content (AvgIpc) is 2.27. The summed E-state index contributed by atoms with van der Waals surface area (Å²) in [6.45, 7) is -0.635. The lowest BCUT2D eigenvalue weighted by Crippen LogP contribution is -2.71. The molecular formula is C6H14N4O4S. The van der Waals surface area contributed by atoms with Gasteiger partial charge in [0.05, 0.1) is 6.61 Å². The van der Waals surface area contributed by atoms with Crippen molar-refractivity contribution in [1.82, 2.24) is 21.7 Å². The lowest BCUT2D eigenvalue weighted by Gasteiger charge is -2.34. The van der Waals surface area contributed by atoms with Crippen LogP contribution in [0, 0.1) is 0 Å². The fourth-order valence-corrected chi connectivity index (χ4v) is 1.18. The maximum Gasteiger partial charge on any atom is 0.195 e. The molecule has 1 saturated heterocycles. The van der Waals surface area contributed by atoms with Crippen molar-refractivity contribution in [2.24, 2.45) is 0 Å². The third kappa shape index (κ3) is 3.21. The molecule has 8 N–H and O–H groups in total. The molecule has 0 spiro atoms. The molecule has 0 aromatic rings. The summed E-state index contributed by atoms with van der Waals surface area (Å²) in [4.78, 5) is 0. The zero-order valence-electron chi connectivity index (χ0n) is 7.71. The van der Waals surface area contributed by atoms with Gasteiger partial charge in [0, 0.05) is 0 Å². The number of thiocarbonyl (C=S) groups is 1. The maximum absolute atomic E-state index is 9.56. The molecule has 88 valence electrons. The van der Waals surface area contributed by atoms with E-state index in [-0.39, 0.29) is 5.11 Å². The van der Waals surface area contributed by atoms with Crippen molar-refractivity contribution < 1.29 is 20.4 Å². The molecule has 0 saturated carbocycles. The summed E-state index contributed by atoms with van der Waals surface area (Å²) in [5.41, 5.74) is 10.2. The molecule has 9 heteroatoms. The molecule has 3 atom stereocenters. The second-order valence-corrected chi connectivity index (χ2v) is 3.48. The third-order valence-electron chi connectivity index (χ3n) is 1.96. The van der Waals surface area contributed by atoms with E-state index in [1.54, 1.807) is 0 Å². The van der Waals surface area contributed by atoms with Gasteiger partial charge in [-0.2, -0.15) is 0 Å². The first-order valence-corrected chi connectivity index (χ1v) is 4.69. The fourth-order valence-electron chi connectivity index (χ4n) is 1.06. The van der Waals surface area contributed by atoms with Crippen LogP contribution >= 0.6 is 12.2 Å². The zero-order valence-corrected chi connectivity index (χ0v) is 8.53. The van der Waals surface area contributed by atoms with E-state index in [0.29, 0.717) is 0 Å². The molecule has 1 fully saturated rings. The molecule has 0 unspecified atom stereocenters. The molecular weight excluding hydrogens is 224 g/mol. The summed E-state index contributed by atoms with van der Waals surface area (Å²) in [5.74, 6) is 0. The van der Waals surface area contributed by atoms with E-state index in [9.17, 15) is 10.2 Å². The summed E-state index contributed by atoms with van der Waals surface area (Å²) in [6, 6.07) is 0. The Hall–Kier alpha value is -0.550. The Kier molecular flexibility index (Phi) is 4.60. The van der Waals surface area contributed by atoms with Crippen LogP contribution in [0.1, 0.15) is 0 Å². The van der Waals surface area contributed by atoms with Crippen molar-refractivity contribution in [3.05, 3.63) is 0 Å². The van der Waals surface area contributed by atoms with E-state index in [0.717, 1.165) is 0 Å². The molecule has 0 aliphatic carbocycles. The number of nitrogens with one attached hydrogen (secondary N) is 4. The standard InChI is InChI=1S/C6H14N4O4S/c11-1-2(12)3(13)4(14)5-7-9-6(15)10-8-5/h2-5,7-8,11-14H,1H2,(H2,9,10,15)/t2-,3-,4+/m0/s1. The summed E-state index contributed by atoms with van der Waals surface area (Å²) in [7, 11) is 0.